The van der Waals surface area contributed by atoms with E-state index in [2.05, 4.69) is 31.4 Å². The lowest BCUT2D eigenvalue weighted by Gasteiger charge is -2.35. The molecule has 202 valence electrons. The van der Waals surface area contributed by atoms with E-state index in [1.807, 2.05) is 53.4 Å². The molecule has 2 aromatic carbocycles. The highest BCUT2D eigenvalue weighted by atomic mass is 32.2. The van der Waals surface area contributed by atoms with Crippen molar-refractivity contribution in [3.05, 3.63) is 88.1 Å². The van der Waals surface area contributed by atoms with Gasteiger partial charge in [0, 0.05) is 23.1 Å². The Labute approximate surface area is 234 Å². The van der Waals surface area contributed by atoms with Crippen LogP contribution in [0.1, 0.15) is 66.8 Å². The minimum absolute atomic E-state index is 0.0389. The van der Waals surface area contributed by atoms with Crippen molar-refractivity contribution in [2.45, 2.75) is 59.4 Å². The number of benzene rings is 2. The van der Waals surface area contributed by atoms with Crippen molar-refractivity contribution in [2.24, 2.45) is 10.9 Å². The molecule has 0 unspecified atom stereocenters. The van der Waals surface area contributed by atoms with E-state index in [-0.39, 0.29) is 17.9 Å². The van der Waals surface area contributed by atoms with E-state index in [1.165, 1.54) is 18.2 Å². The number of nitrogens with zero attached hydrogens (tertiary/aromatic N) is 3. The molecule has 5 rings (SSSR count). The Hall–Kier alpha value is -3.58. The topological polar surface area (TPSA) is 63.9 Å². The van der Waals surface area contributed by atoms with Gasteiger partial charge in [0.05, 0.1) is 22.8 Å². The van der Waals surface area contributed by atoms with Crippen LogP contribution in [-0.2, 0) is 9.53 Å². The summed E-state index contributed by atoms with van der Waals surface area (Å²) < 4.78 is 7.26. The Morgan fingerprint density at radius 2 is 1.79 bits per heavy atom. The fraction of sp³-hybridized carbons (Fsp3) is 0.344. The van der Waals surface area contributed by atoms with Crippen LogP contribution in [0.3, 0.4) is 0 Å². The van der Waals surface area contributed by atoms with Crippen molar-refractivity contribution in [1.82, 2.24) is 9.47 Å². The summed E-state index contributed by atoms with van der Waals surface area (Å²) in [5, 5.41) is 0.763. The highest BCUT2D eigenvalue weighted by Gasteiger charge is 2.41. The average molecular weight is 542 g/mol. The van der Waals surface area contributed by atoms with Crippen LogP contribution in [0.2, 0.25) is 0 Å². The fourth-order valence-corrected chi connectivity index (χ4v) is 6.62. The van der Waals surface area contributed by atoms with E-state index in [0.717, 1.165) is 52.8 Å². The van der Waals surface area contributed by atoms with E-state index in [9.17, 15) is 9.59 Å². The highest BCUT2D eigenvalue weighted by molar-refractivity contribution is 8.18. The van der Waals surface area contributed by atoms with Gasteiger partial charge in [-0.2, -0.15) is 0 Å². The lowest BCUT2D eigenvalue weighted by atomic mass is 9.85. The maximum absolute atomic E-state index is 13.9. The first-order valence-corrected chi connectivity index (χ1v) is 14.5. The van der Waals surface area contributed by atoms with E-state index in [1.54, 1.807) is 19.1 Å². The summed E-state index contributed by atoms with van der Waals surface area (Å²) in [6.45, 7) is 8.51. The molecule has 1 aromatic heterocycles. The molecule has 0 bridgehead atoms. The number of para-hydroxylation sites is 1. The summed E-state index contributed by atoms with van der Waals surface area (Å²) in [5.41, 5.74) is 5.41. The Bertz CT molecular complexity index is 1420. The third kappa shape index (κ3) is 5.59. The molecule has 2 heterocycles. The van der Waals surface area contributed by atoms with Gasteiger partial charge in [-0.05, 0) is 105 Å². The minimum atomic E-state index is -0.322. The summed E-state index contributed by atoms with van der Waals surface area (Å²) in [6.07, 6.45) is 6.50. The van der Waals surface area contributed by atoms with Crippen LogP contribution in [0.5, 0.6) is 0 Å². The van der Waals surface area contributed by atoms with Crippen LogP contribution in [0.15, 0.2) is 70.6 Å². The number of ether oxygens (including phenoxy) is 1. The average Bonchev–Trinajstić information content (AvgIpc) is 3.39. The highest BCUT2D eigenvalue weighted by Crippen LogP contribution is 2.40. The maximum Gasteiger partial charge on any atom is 0.338 e. The summed E-state index contributed by atoms with van der Waals surface area (Å²) >= 11 is 1.47. The molecule has 2 atom stereocenters. The van der Waals surface area contributed by atoms with Gasteiger partial charge in [0.2, 0.25) is 0 Å². The second-order valence-electron chi connectivity index (χ2n) is 10.3. The first kappa shape index (κ1) is 27.0. The van der Waals surface area contributed by atoms with Crippen molar-refractivity contribution in [2.75, 3.05) is 6.61 Å². The van der Waals surface area contributed by atoms with Crippen molar-refractivity contribution in [3.8, 4) is 5.69 Å². The van der Waals surface area contributed by atoms with Crippen molar-refractivity contribution < 1.29 is 14.3 Å². The van der Waals surface area contributed by atoms with Crippen LogP contribution in [-0.4, -0.2) is 39.2 Å². The number of hydrogen-bond acceptors (Lipinski definition) is 5. The van der Waals surface area contributed by atoms with Gasteiger partial charge < -0.3 is 9.30 Å². The Morgan fingerprint density at radius 1 is 1.08 bits per heavy atom. The second kappa shape index (κ2) is 11.7. The van der Waals surface area contributed by atoms with Crippen LogP contribution >= 0.6 is 11.8 Å². The molecule has 39 heavy (non-hydrogen) atoms. The van der Waals surface area contributed by atoms with Crippen molar-refractivity contribution in [3.63, 3.8) is 0 Å². The fourth-order valence-electron chi connectivity index (χ4n) is 5.58. The van der Waals surface area contributed by atoms with E-state index in [0.29, 0.717) is 23.0 Å². The molecule has 7 heteroatoms. The van der Waals surface area contributed by atoms with Gasteiger partial charge in [0.15, 0.2) is 5.17 Å². The number of carbonyl (C=O) groups excluding carboxylic acids is 2. The molecule has 1 amide bonds. The summed E-state index contributed by atoms with van der Waals surface area (Å²) in [4.78, 5) is 33.5. The largest absolute Gasteiger partial charge is 0.462 e. The lowest BCUT2D eigenvalue weighted by molar-refractivity contribution is -0.124. The lowest BCUT2D eigenvalue weighted by Crippen LogP contribution is -2.44. The Kier molecular flexibility index (Phi) is 8.07. The van der Waals surface area contributed by atoms with Crippen LogP contribution in [0.25, 0.3) is 11.8 Å². The zero-order valence-electron chi connectivity index (χ0n) is 23.0. The maximum atomic E-state index is 13.9. The third-order valence-corrected chi connectivity index (χ3v) is 8.59. The molecule has 2 fully saturated rings. The smallest absolute Gasteiger partial charge is 0.338 e. The molecule has 1 aliphatic heterocycles. The number of amides is 1. The zero-order valence-corrected chi connectivity index (χ0v) is 23.8. The quantitative estimate of drug-likeness (QED) is 0.240. The molecule has 0 N–H and O–H groups in total. The number of esters is 1. The number of aryl methyl sites for hydroxylation is 1. The number of rotatable bonds is 6. The van der Waals surface area contributed by atoms with Gasteiger partial charge in [-0.15, -0.1) is 0 Å². The predicted molar refractivity (Wildman–Crippen MR) is 159 cm³/mol. The molecule has 3 aromatic rings. The Morgan fingerprint density at radius 3 is 2.49 bits per heavy atom. The zero-order chi connectivity index (χ0) is 27.5. The molecule has 1 saturated heterocycles. The number of thioether (sulfide) groups is 1. The van der Waals surface area contributed by atoms with Crippen molar-refractivity contribution >= 4 is 40.6 Å². The standard InChI is InChI=1S/C32H35N3O3S/c1-5-38-31(37)24-15-17-27(18-16-24)34-22(3)19-25(23(34)4)20-29-30(36)35(28-14-10-9-11-21(28)2)32(39-29)33-26-12-7-6-8-13-26/h6-8,12-13,15-21,28H,5,9-11,14H2,1-4H3/b29-20-,33-32?/t21-,28-/m0/s1. The number of hydrogen-bond donors (Lipinski definition) is 0. The molecule has 1 aliphatic carbocycles. The SMILES string of the molecule is CCOC(=O)c1ccc(-n2c(C)cc(/C=C3\SC(=Nc4ccccc4)N([C@H]4CCCC[C@@H]4C)C3=O)c2C)cc1. The first-order chi connectivity index (χ1) is 18.9. The van der Waals surface area contributed by atoms with Gasteiger partial charge in [-0.1, -0.05) is 38.0 Å². The third-order valence-electron chi connectivity index (χ3n) is 7.61. The number of amidine groups is 1. The number of carbonyl (C=O) groups is 2. The van der Waals surface area contributed by atoms with Gasteiger partial charge in [-0.3, -0.25) is 9.69 Å². The van der Waals surface area contributed by atoms with Crippen LogP contribution in [0, 0.1) is 19.8 Å². The number of aromatic nitrogens is 1. The molecule has 6 nitrogen and oxygen atoms in total. The van der Waals surface area contributed by atoms with Gasteiger partial charge in [0.1, 0.15) is 0 Å². The first-order valence-electron chi connectivity index (χ1n) is 13.7. The van der Waals surface area contributed by atoms with Gasteiger partial charge in [-0.25, -0.2) is 9.79 Å². The van der Waals surface area contributed by atoms with Crippen molar-refractivity contribution in [1.29, 1.82) is 0 Å². The Balaban J connectivity index is 1.48. The van der Waals surface area contributed by atoms with E-state index in [4.69, 9.17) is 9.73 Å². The van der Waals surface area contributed by atoms with E-state index >= 15 is 0 Å². The van der Waals surface area contributed by atoms with Crippen LogP contribution < -0.4 is 0 Å². The summed E-state index contributed by atoms with van der Waals surface area (Å²) in [7, 11) is 0. The molecule has 0 spiro atoms. The van der Waals surface area contributed by atoms with Gasteiger partial charge >= 0.3 is 5.97 Å². The number of aliphatic imine (C=N–C) groups is 1. The minimum Gasteiger partial charge on any atom is -0.462 e. The van der Waals surface area contributed by atoms with Crippen LogP contribution in [0.4, 0.5) is 5.69 Å². The molecule has 2 aliphatic rings. The molecule has 1 saturated carbocycles. The second-order valence-corrected chi connectivity index (χ2v) is 11.3. The molecule has 0 radical (unpaired) electrons. The monoisotopic (exact) mass is 541 g/mol. The molecular formula is C32H35N3O3S. The normalized spacial score (nSPS) is 21.6. The van der Waals surface area contributed by atoms with E-state index < -0.39 is 0 Å². The summed E-state index contributed by atoms with van der Waals surface area (Å²) in [6, 6.07) is 19.6. The predicted octanol–water partition coefficient (Wildman–Crippen LogP) is 7.45. The van der Waals surface area contributed by atoms with Gasteiger partial charge in [0.25, 0.3) is 5.91 Å². The summed E-state index contributed by atoms with van der Waals surface area (Å²) in [5.74, 6) is 0.153. The molecular weight excluding hydrogens is 506 g/mol.